The molecule has 8 nitrogen and oxygen atoms in total. The van der Waals surface area contributed by atoms with Crippen molar-refractivity contribution in [1.29, 1.82) is 0 Å². The van der Waals surface area contributed by atoms with E-state index in [9.17, 15) is 14.4 Å². The van der Waals surface area contributed by atoms with Crippen LogP contribution < -0.4 is 10.6 Å². The molecule has 0 spiro atoms. The topological polar surface area (TPSA) is 104 Å². The van der Waals surface area contributed by atoms with Gasteiger partial charge in [0.1, 0.15) is 11.7 Å². The van der Waals surface area contributed by atoms with Gasteiger partial charge in [0.15, 0.2) is 0 Å². The summed E-state index contributed by atoms with van der Waals surface area (Å²) in [5.41, 5.74) is 2.44. The number of nitrogens with one attached hydrogen (secondary N) is 2. The molecule has 2 bridgehead atoms. The molecule has 0 radical (unpaired) electrons. The van der Waals surface area contributed by atoms with Crippen molar-refractivity contribution >= 4 is 34.3 Å². The lowest BCUT2D eigenvalue weighted by Crippen LogP contribution is -2.53. The summed E-state index contributed by atoms with van der Waals surface area (Å²) in [5, 5.41) is 13.3. The fourth-order valence-corrected chi connectivity index (χ4v) is 5.40. The molecule has 1 saturated heterocycles. The van der Waals surface area contributed by atoms with E-state index in [2.05, 4.69) is 33.0 Å². The van der Waals surface area contributed by atoms with Crippen molar-refractivity contribution in [2.75, 3.05) is 5.32 Å². The Balaban J connectivity index is 1.41. The van der Waals surface area contributed by atoms with E-state index in [-0.39, 0.29) is 35.5 Å². The quantitative estimate of drug-likeness (QED) is 0.568. The van der Waals surface area contributed by atoms with Crippen LogP contribution in [-0.2, 0) is 16.0 Å². The largest absolute Gasteiger partial charge is 0.322 e. The predicted octanol–water partition coefficient (Wildman–Crippen LogP) is 2.43. The number of likely N-dealkylation sites (tertiary alicyclic amines) is 1. The number of carbonyl (C=O) groups excluding carboxylic acids is 3. The zero-order chi connectivity index (χ0) is 20.7. The molecule has 2 heterocycles. The Kier molecular flexibility index (Phi) is 4.82. The number of urea groups is 1. The summed E-state index contributed by atoms with van der Waals surface area (Å²) >= 11 is 1.19. The number of hydrogen-bond acceptors (Lipinski definition) is 6. The second kappa shape index (κ2) is 7.64. The Morgan fingerprint density at radius 1 is 1.10 bits per heavy atom. The number of aromatic nitrogens is 2. The zero-order valence-corrected chi connectivity index (χ0v) is 16.9. The van der Waals surface area contributed by atoms with Gasteiger partial charge in [-0.05, 0) is 30.2 Å². The van der Waals surface area contributed by atoms with Gasteiger partial charge < -0.3 is 5.32 Å². The van der Waals surface area contributed by atoms with Crippen LogP contribution in [0.2, 0.25) is 0 Å². The van der Waals surface area contributed by atoms with Crippen LogP contribution in [0.1, 0.15) is 18.4 Å². The molecule has 1 aromatic heterocycles. The van der Waals surface area contributed by atoms with Crippen molar-refractivity contribution in [3.8, 4) is 0 Å². The van der Waals surface area contributed by atoms with Crippen LogP contribution >= 0.6 is 11.3 Å². The fourth-order valence-electron chi connectivity index (χ4n) is 4.96. The highest BCUT2D eigenvalue weighted by Crippen LogP contribution is 2.49. The summed E-state index contributed by atoms with van der Waals surface area (Å²) in [6, 6.07) is 9.00. The summed E-state index contributed by atoms with van der Waals surface area (Å²) in [6.07, 6.45) is 5.61. The first-order chi connectivity index (χ1) is 14.6. The molecule has 30 heavy (non-hydrogen) atoms. The molecule has 1 aliphatic heterocycles. The molecule has 2 aromatic rings. The van der Waals surface area contributed by atoms with Crippen LogP contribution in [0.15, 0.2) is 48.0 Å². The minimum absolute atomic E-state index is 0.106. The highest BCUT2D eigenvalue weighted by atomic mass is 32.1. The maximum Gasteiger partial charge on any atom is 0.322 e. The van der Waals surface area contributed by atoms with E-state index in [4.69, 9.17) is 0 Å². The SMILES string of the molecule is O=C(Nc1nncs1)NC(Cc1ccccc1)N1C(=O)C2C3C=CC(CC3)C2C1=O. The monoisotopic (exact) mass is 423 g/mol. The molecule has 2 N–H and O–H groups in total. The first kappa shape index (κ1) is 18.9. The number of hydrogen-bond donors (Lipinski definition) is 2. The number of imide groups is 1. The summed E-state index contributed by atoms with van der Waals surface area (Å²) < 4.78 is 0. The average Bonchev–Trinajstić information content (AvgIpc) is 3.36. The first-order valence-electron chi connectivity index (χ1n) is 10.0. The molecule has 154 valence electrons. The molecule has 1 aromatic carbocycles. The van der Waals surface area contributed by atoms with Crippen molar-refractivity contribution < 1.29 is 14.4 Å². The Labute approximate surface area is 177 Å². The lowest BCUT2D eigenvalue weighted by atomic mass is 9.63. The van der Waals surface area contributed by atoms with Crippen LogP contribution in [0.4, 0.5) is 9.93 Å². The van der Waals surface area contributed by atoms with E-state index in [1.807, 2.05) is 30.3 Å². The second-order valence-electron chi connectivity index (χ2n) is 7.94. The number of anilines is 1. The number of amides is 4. The normalized spacial score (nSPS) is 27.8. The van der Waals surface area contributed by atoms with Crippen LogP contribution in [0.3, 0.4) is 0 Å². The second-order valence-corrected chi connectivity index (χ2v) is 8.77. The molecule has 1 saturated carbocycles. The Morgan fingerprint density at radius 3 is 2.33 bits per heavy atom. The number of nitrogens with zero attached hydrogens (tertiary/aromatic N) is 3. The number of allylic oxidation sites excluding steroid dienone is 2. The van der Waals surface area contributed by atoms with Crippen LogP contribution in [-0.4, -0.2) is 39.1 Å². The summed E-state index contributed by atoms with van der Waals surface area (Å²) in [5.74, 6) is -0.773. The molecule has 6 rings (SSSR count). The van der Waals surface area contributed by atoms with E-state index in [1.54, 1.807) is 0 Å². The molecule has 9 heteroatoms. The maximum atomic E-state index is 13.3. The minimum Gasteiger partial charge on any atom is -0.317 e. The molecule has 5 atom stereocenters. The van der Waals surface area contributed by atoms with Crippen molar-refractivity contribution in [3.05, 3.63) is 53.6 Å². The standard InChI is InChI=1S/C21H21N5O3S/c27-18-16-13-6-7-14(9-8-13)17(16)19(28)26(18)15(10-12-4-2-1-3-5-12)23-20(29)24-21-25-22-11-30-21/h1-7,11,13-17H,8-10H2,(H2,23,24,25,29). The van der Waals surface area contributed by atoms with E-state index in [0.29, 0.717) is 11.6 Å². The zero-order valence-electron chi connectivity index (χ0n) is 16.1. The van der Waals surface area contributed by atoms with Gasteiger partial charge in [-0.2, -0.15) is 0 Å². The van der Waals surface area contributed by atoms with Crippen molar-refractivity contribution in [3.63, 3.8) is 0 Å². The van der Waals surface area contributed by atoms with Gasteiger partial charge in [-0.15, -0.1) is 10.2 Å². The summed E-state index contributed by atoms with van der Waals surface area (Å²) in [7, 11) is 0. The van der Waals surface area contributed by atoms with E-state index in [0.717, 1.165) is 18.4 Å². The first-order valence-corrected chi connectivity index (χ1v) is 10.9. The molecule has 2 fully saturated rings. The number of benzene rings is 1. The van der Waals surface area contributed by atoms with E-state index in [1.165, 1.54) is 21.7 Å². The lowest BCUT2D eigenvalue weighted by Gasteiger charge is -2.38. The molecular weight excluding hydrogens is 402 g/mol. The van der Waals surface area contributed by atoms with Crippen LogP contribution in [0.25, 0.3) is 0 Å². The van der Waals surface area contributed by atoms with Gasteiger partial charge in [-0.3, -0.25) is 19.8 Å². The van der Waals surface area contributed by atoms with E-state index < -0.39 is 12.2 Å². The molecule has 3 aliphatic carbocycles. The third-order valence-electron chi connectivity index (χ3n) is 6.26. The number of carbonyl (C=O) groups is 3. The van der Waals surface area contributed by atoms with Crippen molar-refractivity contribution in [2.24, 2.45) is 23.7 Å². The number of rotatable bonds is 5. The van der Waals surface area contributed by atoms with Gasteiger partial charge in [0, 0.05) is 6.42 Å². The van der Waals surface area contributed by atoms with Gasteiger partial charge in [-0.25, -0.2) is 4.79 Å². The highest BCUT2D eigenvalue weighted by molar-refractivity contribution is 7.13. The fraction of sp³-hybridized carbons (Fsp3) is 0.381. The number of fused-ring (bicyclic) bond motifs is 1. The van der Waals surface area contributed by atoms with Crippen molar-refractivity contribution in [2.45, 2.75) is 25.4 Å². The molecule has 5 unspecified atom stereocenters. The molecule has 4 amide bonds. The summed E-state index contributed by atoms with van der Waals surface area (Å²) in [4.78, 5) is 40.6. The van der Waals surface area contributed by atoms with Gasteiger partial charge in [-0.1, -0.05) is 53.8 Å². The Bertz CT molecular complexity index is 961. The minimum atomic E-state index is -0.773. The van der Waals surface area contributed by atoms with E-state index >= 15 is 0 Å². The maximum absolute atomic E-state index is 13.3. The summed E-state index contributed by atoms with van der Waals surface area (Å²) in [6.45, 7) is 0. The van der Waals surface area contributed by atoms with Gasteiger partial charge in [0.2, 0.25) is 16.9 Å². The third-order valence-corrected chi connectivity index (χ3v) is 6.86. The highest BCUT2D eigenvalue weighted by Gasteiger charge is 2.58. The van der Waals surface area contributed by atoms with Crippen LogP contribution in [0.5, 0.6) is 0 Å². The third kappa shape index (κ3) is 3.28. The predicted molar refractivity (Wildman–Crippen MR) is 110 cm³/mol. The van der Waals surface area contributed by atoms with Gasteiger partial charge >= 0.3 is 6.03 Å². The van der Waals surface area contributed by atoms with Gasteiger partial charge in [0.05, 0.1) is 11.8 Å². The lowest BCUT2D eigenvalue weighted by molar-refractivity contribution is -0.143. The van der Waals surface area contributed by atoms with Crippen LogP contribution in [0, 0.1) is 23.7 Å². The molecule has 4 aliphatic rings. The molecular formula is C21H21N5O3S. The Hall–Kier alpha value is -3.07. The Morgan fingerprint density at radius 2 is 1.77 bits per heavy atom. The average molecular weight is 423 g/mol. The smallest absolute Gasteiger partial charge is 0.317 e. The van der Waals surface area contributed by atoms with Gasteiger partial charge in [0.25, 0.3) is 0 Å². The van der Waals surface area contributed by atoms with Crippen molar-refractivity contribution in [1.82, 2.24) is 20.4 Å².